The molecule has 4 nitrogen and oxygen atoms in total. The summed E-state index contributed by atoms with van der Waals surface area (Å²) in [4.78, 5) is 4.16. The molecule has 0 spiro atoms. The van der Waals surface area contributed by atoms with Gasteiger partial charge < -0.3 is 9.84 Å². The molecule has 0 aliphatic heterocycles. The smallest absolute Gasteiger partial charge is 0.185 e. The molecular weight excluding hydrogens is 154 g/mol. The van der Waals surface area contributed by atoms with Gasteiger partial charge in [-0.3, -0.25) is 4.98 Å². The van der Waals surface area contributed by atoms with Gasteiger partial charge in [-0.15, -0.1) is 0 Å². The fourth-order valence-electron chi connectivity index (χ4n) is 1.11. The summed E-state index contributed by atoms with van der Waals surface area (Å²) in [6.07, 6.45) is 1.73. The molecule has 0 amide bonds. The Balaban J connectivity index is 2.55. The van der Waals surface area contributed by atoms with Crippen LogP contribution in [0.3, 0.4) is 0 Å². The maximum absolute atomic E-state index is 5.05. The monoisotopic (exact) mass is 163 g/mol. The molecular formula is C8H9N3O. The average Bonchev–Trinajstić information content (AvgIpc) is 2.50. The molecule has 2 aromatic rings. The molecule has 2 rings (SSSR count). The van der Waals surface area contributed by atoms with Crippen molar-refractivity contribution in [2.24, 2.45) is 0 Å². The molecule has 0 saturated heterocycles. The molecule has 0 aliphatic rings. The first kappa shape index (κ1) is 7.24. The average molecular weight is 163 g/mol. The lowest BCUT2D eigenvalue weighted by Gasteiger charge is -1.90. The van der Waals surface area contributed by atoms with Gasteiger partial charge in [0.15, 0.2) is 5.58 Å². The lowest BCUT2D eigenvalue weighted by atomic mass is 10.3. The predicted molar refractivity (Wildman–Crippen MR) is 44.6 cm³/mol. The Labute approximate surface area is 69.6 Å². The molecule has 0 saturated carbocycles. The van der Waals surface area contributed by atoms with Crippen molar-refractivity contribution in [1.82, 2.24) is 15.5 Å². The van der Waals surface area contributed by atoms with Crippen LogP contribution >= 0.6 is 0 Å². The van der Waals surface area contributed by atoms with E-state index in [1.807, 2.05) is 19.2 Å². The van der Waals surface area contributed by atoms with Crippen molar-refractivity contribution < 1.29 is 4.52 Å². The van der Waals surface area contributed by atoms with E-state index >= 15 is 0 Å². The molecule has 0 atom stereocenters. The zero-order chi connectivity index (χ0) is 8.39. The van der Waals surface area contributed by atoms with Crippen LogP contribution in [0.5, 0.6) is 0 Å². The quantitative estimate of drug-likeness (QED) is 0.715. The van der Waals surface area contributed by atoms with Crippen molar-refractivity contribution in [3.63, 3.8) is 0 Å². The van der Waals surface area contributed by atoms with Crippen LogP contribution < -0.4 is 5.32 Å². The van der Waals surface area contributed by atoms with Gasteiger partial charge in [-0.2, -0.15) is 0 Å². The number of hydrogen-bond acceptors (Lipinski definition) is 4. The Hall–Kier alpha value is -1.42. The second-order valence-corrected chi connectivity index (χ2v) is 2.51. The number of aromatic nitrogens is 2. The van der Waals surface area contributed by atoms with E-state index in [9.17, 15) is 0 Å². The summed E-state index contributed by atoms with van der Waals surface area (Å²) in [5.74, 6) is 0. The SMILES string of the molecule is CNCc1noc2cccnc12. The maximum atomic E-state index is 5.05. The van der Waals surface area contributed by atoms with Crippen LogP contribution in [-0.4, -0.2) is 17.2 Å². The van der Waals surface area contributed by atoms with Gasteiger partial charge in [-0.05, 0) is 19.2 Å². The van der Waals surface area contributed by atoms with Crippen molar-refractivity contribution in [3.05, 3.63) is 24.0 Å². The fourth-order valence-corrected chi connectivity index (χ4v) is 1.11. The minimum atomic E-state index is 0.685. The number of hydrogen-bond donors (Lipinski definition) is 1. The van der Waals surface area contributed by atoms with Crippen molar-refractivity contribution in [3.8, 4) is 0 Å². The summed E-state index contributed by atoms with van der Waals surface area (Å²) in [5, 5.41) is 6.88. The summed E-state index contributed by atoms with van der Waals surface area (Å²) < 4.78 is 5.05. The Kier molecular flexibility index (Phi) is 1.75. The van der Waals surface area contributed by atoms with E-state index < -0.39 is 0 Å². The molecule has 0 fully saturated rings. The molecule has 0 aliphatic carbocycles. The molecule has 62 valence electrons. The number of nitrogens with one attached hydrogen (secondary N) is 1. The number of rotatable bonds is 2. The van der Waals surface area contributed by atoms with Crippen LogP contribution in [0, 0.1) is 0 Å². The van der Waals surface area contributed by atoms with E-state index in [1.54, 1.807) is 6.20 Å². The minimum Gasteiger partial charge on any atom is -0.354 e. The molecule has 0 radical (unpaired) electrons. The highest BCUT2D eigenvalue weighted by Crippen LogP contribution is 2.13. The molecule has 2 aromatic heterocycles. The van der Waals surface area contributed by atoms with Crippen LogP contribution in [0.25, 0.3) is 11.1 Å². The molecule has 2 heterocycles. The normalized spacial score (nSPS) is 10.8. The maximum Gasteiger partial charge on any atom is 0.185 e. The van der Waals surface area contributed by atoms with E-state index in [0.29, 0.717) is 6.54 Å². The molecule has 0 aromatic carbocycles. The molecule has 12 heavy (non-hydrogen) atoms. The van der Waals surface area contributed by atoms with E-state index in [4.69, 9.17) is 4.52 Å². The second kappa shape index (κ2) is 2.91. The minimum absolute atomic E-state index is 0.685. The van der Waals surface area contributed by atoms with Gasteiger partial charge in [-0.1, -0.05) is 5.16 Å². The lowest BCUT2D eigenvalue weighted by molar-refractivity contribution is 0.443. The summed E-state index contributed by atoms with van der Waals surface area (Å²) in [6.45, 7) is 0.685. The third-order valence-corrected chi connectivity index (χ3v) is 1.64. The number of pyridine rings is 1. The first-order valence-corrected chi connectivity index (χ1v) is 3.75. The van der Waals surface area contributed by atoms with Crippen LogP contribution in [0.15, 0.2) is 22.9 Å². The molecule has 0 bridgehead atoms. The Morgan fingerprint density at radius 3 is 3.33 bits per heavy atom. The Morgan fingerprint density at radius 1 is 1.58 bits per heavy atom. The summed E-state index contributed by atoms with van der Waals surface area (Å²) in [7, 11) is 1.86. The Morgan fingerprint density at radius 2 is 2.50 bits per heavy atom. The van der Waals surface area contributed by atoms with Crippen molar-refractivity contribution in [2.45, 2.75) is 6.54 Å². The van der Waals surface area contributed by atoms with E-state index in [2.05, 4.69) is 15.5 Å². The van der Waals surface area contributed by atoms with Crippen LogP contribution in [0.4, 0.5) is 0 Å². The van der Waals surface area contributed by atoms with Gasteiger partial charge in [0, 0.05) is 12.7 Å². The fraction of sp³-hybridized carbons (Fsp3) is 0.250. The first-order chi connectivity index (χ1) is 5.92. The second-order valence-electron chi connectivity index (χ2n) is 2.51. The van der Waals surface area contributed by atoms with Gasteiger partial charge in [0.05, 0.1) is 0 Å². The predicted octanol–water partition coefficient (Wildman–Crippen LogP) is 0.942. The van der Waals surface area contributed by atoms with Crippen LogP contribution in [0.2, 0.25) is 0 Å². The number of fused-ring (bicyclic) bond motifs is 1. The van der Waals surface area contributed by atoms with Gasteiger partial charge in [0.25, 0.3) is 0 Å². The zero-order valence-corrected chi connectivity index (χ0v) is 6.74. The zero-order valence-electron chi connectivity index (χ0n) is 6.74. The Bertz CT molecular complexity index is 382. The van der Waals surface area contributed by atoms with Crippen LogP contribution in [-0.2, 0) is 6.54 Å². The van der Waals surface area contributed by atoms with Gasteiger partial charge in [0.1, 0.15) is 11.2 Å². The third kappa shape index (κ3) is 1.06. The van der Waals surface area contributed by atoms with Gasteiger partial charge >= 0.3 is 0 Å². The topological polar surface area (TPSA) is 51.0 Å². The third-order valence-electron chi connectivity index (χ3n) is 1.64. The lowest BCUT2D eigenvalue weighted by Crippen LogP contribution is -2.05. The van der Waals surface area contributed by atoms with Crippen LogP contribution in [0.1, 0.15) is 5.69 Å². The molecule has 4 heteroatoms. The van der Waals surface area contributed by atoms with Crippen molar-refractivity contribution in [1.29, 1.82) is 0 Å². The molecule has 1 N–H and O–H groups in total. The summed E-state index contributed by atoms with van der Waals surface area (Å²) in [5.41, 5.74) is 2.43. The summed E-state index contributed by atoms with van der Waals surface area (Å²) in [6, 6.07) is 3.69. The summed E-state index contributed by atoms with van der Waals surface area (Å²) >= 11 is 0. The highest BCUT2D eigenvalue weighted by atomic mass is 16.5. The van der Waals surface area contributed by atoms with E-state index in [0.717, 1.165) is 16.8 Å². The van der Waals surface area contributed by atoms with E-state index in [-0.39, 0.29) is 0 Å². The van der Waals surface area contributed by atoms with E-state index in [1.165, 1.54) is 0 Å². The molecule has 0 unspecified atom stereocenters. The highest BCUT2D eigenvalue weighted by Gasteiger charge is 2.06. The first-order valence-electron chi connectivity index (χ1n) is 3.75. The van der Waals surface area contributed by atoms with Crippen molar-refractivity contribution >= 4 is 11.1 Å². The highest BCUT2D eigenvalue weighted by molar-refractivity contribution is 5.73. The largest absolute Gasteiger partial charge is 0.354 e. The van der Waals surface area contributed by atoms with Crippen molar-refractivity contribution in [2.75, 3.05) is 7.05 Å². The van der Waals surface area contributed by atoms with Gasteiger partial charge in [0.2, 0.25) is 0 Å². The standard InChI is InChI=1S/C8H9N3O/c1-9-5-6-8-7(12-11-6)3-2-4-10-8/h2-4,9H,5H2,1H3. The van der Waals surface area contributed by atoms with Gasteiger partial charge in [-0.25, -0.2) is 0 Å². The number of nitrogens with zero attached hydrogens (tertiary/aromatic N) is 2.